The first-order valence-electron chi connectivity index (χ1n) is 8.85. The van der Waals surface area contributed by atoms with E-state index in [2.05, 4.69) is 60.7 Å². The third kappa shape index (κ3) is 2.86. The van der Waals surface area contributed by atoms with Gasteiger partial charge in [0.25, 0.3) is 0 Å². The Morgan fingerprint density at radius 2 is 1.04 bits per heavy atom. The molecule has 1 N–H and O–H groups in total. The zero-order chi connectivity index (χ0) is 18.2. The van der Waals surface area contributed by atoms with Gasteiger partial charge in [-0.05, 0) is 76.7 Å². The van der Waals surface area contributed by atoms with Crippen molar-refractivity contribution in [1.82, 2.24) is 0 Å². The summed E-state index contributed by atoms with van der Waals surface area (Å²) in [5.74, 6) is 1.74. The van der Waals surface area contributed by atoms with Crippen LogP contribution in [0.3, 0.4) is 0 Å². The van der Waals surface area contributed by atoms with Crippen LogP contribution in [0.5, 0.6) is 17.2 Å². The molecule has 27 heavy (non-hydrogen) atoms. The molecule has 0 spiro atoms. The lowest BCUT2D eigenvalue weighted by atomic mass is 10.1. The molecule has 0 bridgehead atoms. The van der Waals surface area contributed by atoms with Crippen molar-refractivity contribution < 1.29 is 9.84 Å². The molecule has 4 aromatic rings. The van der Waals surface area contributed by atoms with Gasteiger partial charge in [0.1, 0.15) is 17.2 Å². The average Bonchev–Trinajstić information content (AvgIpc) is 3.05. The number of fused-ring (bicyclic) bond motifs is 3. The molecular formula is C24H18O2S. The third-order valence-electron chi connectivity index (χ3n) is 4.75. The van der Waals surface area contributed by atoms with Gasteiger partial charge in [0, 0.05) is 9.79 Å². The van der Waals surface area contributed by atoms with Gasteiger partial charge in [-0.3, -0.25) is 0 Å². The van der Waals surface area contributed by atoms with Gasteiger partial charge in [0.15, 0.2) is 0 Å². The van der Waals surface area contributed by atoms with Crippen LogP contribution in [0, 0.1) is 0 Å². The molecule has 4 aromatic carbocycles. The second-order valence-corrected chi connectivity index (χ2v) is 8.61. The van der Waals surface area contributed by atoms with Crippen molar-refractivity contribution in [2.45, 2.75) is 14.7 Å². The van der Waals surface area contributed by atoms with E-state index in [1.807, 2.05) is 12.1 Å². The smallest absolute Gasteiger partial charge is 0.127 e. The normalized spacial score (nSPS) is 13.1. The first-order chi connectivity index (χ1) is 13.3. The van der Waals surface area contributed by atoms with E-state index in [4.69, 9.17) is 4.74 Å². The van der Waals surface area contributed by atoms with Gasteiger partial charge in [0.2, 0.25) is 0 Å². The number of hydrogen-bond donors (Lipinski definition) is 2. The lowest BCUT2D eigenvalue weighted by Gasteiger charge is -2.19. The summed E-state index contributed by atoms with van der Waals surface area (Å²) in [6.45, 7) is 0. The molecule has 0 amide bonds. The second-order valence-electron chi connectivity index (χ2n) is 6.46. The van der Waals surface area contributed by atoms with Gasteiger partial charge in [-0.2, -0.15) is 10.9 Å². The number of phenols is 1. The monoisotopic (exact) mass is 370 g/mol. The number of aromatic hydroxyl groups is 1. The van der Waals surface area contributed by atoms with E-state index in [9.17, 15) is 5.11 Å². The van der Waals surface area contributed by atoms with Crippen molar-refractivity contribution in [3.63, 3.8) is 0 Å². The van der Waals surface area contributed by atoms with Crippen LogP contribution in [0.1, 0.15) is 0 Å². The summed E-state index contributed by atoms with van der Waals surface area (Å²) in [5.41, 5.74) is 2.70. The summed E-state index contributed by atoms with van der Waals surface area (Å²) in [5, 5.41) is 9.39. The zero-order valence-corrected chi connectivity index (χ0v) is 15.4. The fourth-order valence-corrected chi connectivity index (χ4v) is 6.12. The summed E-state index contributed by atoms with van der Waals surface area (Å²) in [6, 6.07) is 32.6. The SMILES string of the molecule is Oc1ccc(Oc2ccc([SH]3c4ccccc4-c4ccccc43)cc2)cc1. The van der Waals surface area contributed by atoms with E-state index in [-0.39, 0.29) is 5.75 Å². The Bertz CT molecular complexity index is 1060. The molecule has 5 rings (SSSR count). The molecule has 2 nitrogen and oxygen atoms in total. The Balaban J connectivity index is 1.49. The van der Waals surface area contributed by atoms with Gasteiger partial charge < -0.3 is 9.84 Å². The third-order valence-corrected chi connectivity index (χ3v) is 7.31. The van der Waals surface area contributed by atoms with E-state index in [0.29, 0.717) is 5.75 Å². The quantitative estimate of drug-likeness (QED) is 0.348. The van der Waals surface area contributed by atoms with Crippen molar-refractivity contribution in [2.75, 3.05) is 0 Å². The van der Waals surface area contributed by atoms with Crippen LogP contribution in [-0.2, 0) is 0 Å². The van der Waals surface area contributed by atoms with Crippen LogP contribution >= 0.6 is 10.9 Å². The molecule has 0 fully saturated rings. The molecule has 0 aliphatic carbocycles. The summed E-state index contributed by atoms with van der Waals surface area (Å²) in [7, 11) is -0.536. The summed E-state index contributed by atoms with van der Waals surface area (Å²) < 4.78 is 5.89. The predicted molar refractivity (Wildman–Crippen MR) is 110 cm³/mol. The fourth-order valence-electron chi connectivity index (χ4n) is 3.51. The number of thiol groups is 1. The van der Waals surface area contributed by atoms with E-state index in [1.165, 1.54) is 25.8 Å². The molecule has 1 heterocycles. The van der Waals surface area contributed by atoms with Crippen LogP contribution < -0.4 is 4.74 Å². The van der Waals surface area contributed by atoms with Gasteiger partial charge >= 0.3 is 0 Å². The number of phenolic OH excluding ortho intramolecular Hbond substituents is 1. The maximum absolute atomic E-state index is 9.39. The van der Waals surface area contributed by atoms with Crippen molar-refractivity contribution >= 4 is 10.9 Å². The minimum Gasteiger partial charge on any atom is -0.508 e. The fraction of sp³-hybridized carbons (Fsp3) is 0. The largest absolute Gasteiger partial charge is 0.508 e. The molecule has 132 valence electrons. The number of ether oxygens (including phenoxy) is 1. The Hall–Kier alpha value is -3.17. The van der Waals surface area contributed by atoms with Crippen molar-refractivity contribution in [3.8, 4) is 28.4 Å². The molecule has 0 radical (unpaired) electrons. The molecule has 0 atom stereocenters. The van der Waals surface area contributed by atoms with Crippen LogP contribution in [-0.4, -0.2) is 5.11 Å². The topological polar surface area (TPSA) is 29.5 Å². The van der Waals surface area contributed by atoms with Crippen LogP contribution in [0.15, 0.2) is 112 Å². The Morgan fingerprint density at radius 3 is 1.59 bits per heavy atom. The lowest BCUT2D eigenvalue weighted by Crippen LogP contribution is -1.86. The predicted octanol–water partition coefficient (Wildman–Crippen LogP) is 6.64. The highest BCUT2D eigenvalue weighted by Crippen LogP contribution is 2.62. The Morgan fingerprint density at radius 1 is 0.556 bits per heavy atom. The van der Waals surface area contributed by atoms with E-state index >= 15 is 0 Å². The van der Waals surface area contributed by atoms with E-state index in [1.54, 1.807) is 24.3 Å². The molecular weight excluding hydrogens is 352 g/mol. The molecule has 3 heteroatoms. The second kappa shape index (κ2) is 6.53. The minimum absolute atomic E-state index is 0.235. The number of hydrogen-bond acceptors (Lipinski definition) is 2. The van der Waals surface area contributed by atoms with E-state index in [0.717, 1.165) is 5.75 Å². The van der Waals surface area contributed by atoms with E-state index < -0.39 is 10.9 Å². The minimum atomic E-state index is -0.536. The highest BCUT2D eigenvalue weighted by molar-refractivity contribution is 8.17. The number of benzene rings is 4. The Kier molecular flexibility index (Phi) is 3.88. The first kappa shape index (κ1) is 16.0. The standard InChI is InChI=1S/C24H18O2S/c25-17-9-11-18(12-10-17)26-19-13-15-20(16-14-19)27-23-7-3-1-5-21(23)22-6-2-4-8-24(22)27/h1-16,25,27H. The molecule has 0 saturated carbocycles. The molecule has 0 unspecified atom stereocenters. The molecule has 0 aromatic heterocycles. The van der Waals surface area contributed by atoms with Gasteiger partial charge in [0.05, 0.1) is 0 Å². The summed E-state index contributed by atoms with van der Waals surface area (Å²) >= 11 is 0. The molecule has 1 aliphatic heterocycles. The highest BCUT2D eigenvalue weighted by atomic mass is 32.2. The van der Waals surface area contributed by atoms with Crippen molar-refractivity contribution in [2.24, 2.45) is 0 Å². The summed E-state index contributed by atoms with van der Waals surface area (Å²) in [4.78, 5) is 4.15. The van der Waals surface area contributed by atoms with Gasteiger partial charge in [-0.15, -0.1) is 0 Å². The van der Waals surface area contributed by atoms with Gasteiger partial charge in [-0.1, -0.05) is 36.4 Å². The van der Waals surface area contributed by atoms with Crippen molar-refractivity contribution in [1.29, 1.82) is 0 Å². The summed E-state index contributed by atoms with van der Waals surface area (Å²) in [6.07, 6.45) is 0. The van der Waals surface area contributed by atoms with Crippen molar-refractivity contribution in [3.05, 3.63) is 97.1 Å². The van der Waals surface area contributed by atoms with Crippen LogP contribution in [0.25, 0.3) is 11.1 Å². The van der Waals surface area contributed by atoms with Crippen LogP contribution in [0.4, 0.5) is 0 Å². The lowest BCUT2D eigenvalue weighted by molar-refractivity contribution is 0.464. The highest BCUT2D eigenvalue weighted by Gasteiger charge is 2.26. The maximum atomic E-state index is 9.39. The molecule has 0 saturated heterocycles. The first-order valence-corrected chi connectivity index (χ1v) is 10.2. The molecule has 1 aliphatic rings. The zero-order valence-electron chi connectivity index (χ0n) is 14.5. The average molecular weight is 370 g/mol. The van der Waals surface area contributed by atoms with Crippen LogP contribution in [0.2, 0.25) is 0 Å². The Labute approximate surface area is 161 Å². The van der Waals surface area contributed by atoms with Gasteiger partial charge in [-0.25, -0.2) is 0 Å². The number of rotatable bonds is 3. The maximum Gasteiger partial charge on any atom is 0.127 e.